The van der Waals surface area contributed by atoms with Gasteiger partial charge in [0, 0.05) is 22.0 Å². The number of hydrogen-bond donors (Lipinski definition) is 0. The summed E-state index contributed by atoms with van der Waals surface area (Å²) < 4.78 is 1.02. The molecule has 1 aliphatic rings. The van der Waals surface area contributed by atoms with Gasteiger partial charge in [-0.1, -0.05) is 28.1 Å². The minimum atomic E-state index is 0.0827. The van der Waals surface area contributed by atoms with Gasteiger partial charge in [0.1, 0.15) is 0 Å². The predicted molar refractivity (Wildman–Crippen MR) is 91.3 cm³/mol. The second kappa shape index (κ2) is 6.16. The second-order valence-electron chi connectivity index (χ2n) is 5.15. The van der Waals surface area contributed by atoms with Gasteiger partial charge in [0.25, 0.3) is 0 Å². The molecule has 0 bridgehead atoms. The lowest BCUT2D eigenvalue weighted by Gasteiger charge is -2.32. The molecule has 0 fully saturated rings. The number of benzene rings is 1. The maximum atomic E-state index is 12.4. The highest BCUT2D eigenvalue weighted by atomic mass is 79.9. The SMILES string of the molecule is C[C@@H]1c2ccsc2CCN1C(=O)/C=C/c1cccc(Br)c1. The molecule has 2 aromatic rings. The van der Waals surface area contributed by atoms with Crippen LogP contribution in [0.3, 0.4) is 0 Å². The van der Waals surface area contributed by atoms with Crippen LogP contribution in [0.25, 0.3) is 6.08 Å². The minimum Gasteiger partial charge on any atom is -0.332 e. The molecule has 4 heteroatoms. The lowest BCUT2D eigenvalue weighted by atomic mass is 10.0. The Balaban J connectivity index is 1.74. The van der Waals surface area contributed by atoms with Gasteiger partial charge in [0.15, 0.2) is 0 Å². The standard InChI is InChI=1S/C17H16BrNOS/c1-12-15-8-10-21-16(15)7-9-19(12)17(20)6-5-13-3-2-4-14(18)11-13/h2-6,8,10-12H,7,9H2,1H3/b6-5+/t12-/m1/s1. The largest absolute Gasteiger partial charge is 0.332 e. The third kappa shape index (κ3) is 3.11. The van der Waals surface area contributed by atoms with Crippen LogP contribution in [0.15, 0.2) is 46.3 Å². The number of hydrogen-bond acceptors (Lipinski definition) is 2. The highest BCUT2D eigenvalue weighted by Gasteiger charge is 2.26. The van der Waals surface area contributed by atoms with Crippen molar-refractivity contribution in [3.63, 3.8) is 0 Å². The molecular weight excluding hydrogens is 346 g/mol. The summed E-state index contributed by atoms with van der Waals surface area (Å²) in [5, 5.41) is 2.12. The molecule has 0 radical (unpaired) electrons. The summed E-state index contributed by atoms with van der Waals surface area (Å²) in [6.45, 7) is 2.91. The number of fused-ring (bicyclic) bond motifs is 1. The molecule has 1 aliphatic heterocycles. The highest BCUT2D eigenvalue weighted by Crippen LogP contribution is 2.32. The third-order valence-corrected chi connectivity index (χ3v) is 5.32. The van der Waals surface area contributed by atoms with Gasteiger partial charge in [-0.15, -0.1) is 11.3 Å². The zero-order valence-corrected chi connectivity index (χ0v) is 14.2. The van der Waals surface area contributed by atoms with E-state index in [4.69, 9.17) is 0 Å². The van der Waals surface area contributed by atoms with Gasteiger partial charge in [-0.2, -0.15) is 0 Å². The molecule has 3 rings (SSSR count). The van der Waals surface area contributed by atoms with E-state index >= 15 is 0 Å². The summed E-state index contributed by atoms with van der Waals surface area (Å²) in [4.78, 5) is 15.8. The van der Waals surface area contributed by atoms with E-state index in [1.54, 1.807) is 17.4 Å². The number of carbonyl (C=O) groups excluding carboxylic acids is 1. The molecule has 0 N–H and O–H groups in total. The van der Waals surface area contributed by atoms with Crippen LogP contribution in [0.2, 0.25) is 0 Å². The number of rotatable bonds is 2. The molecule has 1 amide bonds. The first-order valence-electron chi connectivity index (χ1n) is 6.95. The Kier molecular flexibility index (Phi) is 4.27. The van der Waals surface area contributed by atoms with Crippen LogP contribution in [0.1, 0.15) is 29.0 Å². The Morgan fingerprint density at radius 3 is 3.10 bits per heavy atom. The Hall–Kier alpha value is -1.39. The summed E-state index contributed by atoms with van der Waals surface area (Å²) in [6.07, 6.45) is 4.52. The minimum absolute atomic E-state index is 0.0827. The lowest BCUT2D eigenvalue weighted by Crippen LogP contribution is -2.37. The van der Waals surface area contributed by atoms with Crippen LogP contribution in [-0.4, -0.2) is 17.4 Å². The molecule has 0 unspecified atom stereocenters. The number of nitrogens with zero attached hydrogens (tertiary/aromatic N) is 1. The topological polar surface area (TPSA) is 20.3 Å². The van der Waals surface area contributed by atoms with Crippen molar-refractivity contribution >= 4 is 39.2 Å². The molecule has 0 aliphatic carbocycles. The van der Waals surface area contributed by atoms with Gasteiger partial charge in [0.05, 0.1) is 6.04 Å². The van der Waals surface area contributed by atoms with Crippen LogP contribution in [-0.2, 0) is 11.2 Å². The van der Waals surface area contributed by atoms with Gasteiger partial charge in [-0.25, -0.2) is 0 Å². The average molecular weight is 362 g/mol. The summed E-state index contributed by atoms with van der Waals surface area (Å²) in [5.74, 6) is 0.0827. The fourth-order valence-corrected chi connectivity index (χ4v) is 4.06. The molecule has 1 aromatic carbocycles. The fourth-order valence-electron chi connectivity index (χ4n) is 2.68. The van der Waals surface area contributed by atoms with E-state index in [1.165, 1.54) is 10.4 Å². The first-order valence-corrected chi connectivity index (χ1v) is 8.63. The van der Waals surface area contributed by atoms with E-state index < -0.39 is 0 Å². The zero-order valence-electron chi connectivity index (χ0n) is 11.8. The molecule has 0 saturated heterocycles. The zero-order chi connectivity index (χ0) is 14.8. The average Bonchev–Trinajstić information content (AvgIpc) is 2.95. The van der Waals surface area contributed by atoms with E-state index in [1.807, 2.05) is 35.2 Å². The number of halogens is 1. The number of carbonyl (C=O) groups is 1. The monoisotopic (exact) mass is 361 g/mol. The first-order chi connectivity index (χ1) is 10.1. The van der Waals surface area contributed by atoms with Crippen molar-refractivity contribution < 1.29 is 4.79 Å². The first kappa shape index (κ1) is 14.5. The van der Waals surface area contributed by atoms with Crippen LogP contribution < -0.4 is 0 Å². The van der Waals surface area contributed by atoms with Gasteiger partial charge in [-0.05, 0) is 54.1 Å². The van der Waals surface area contributed by atoms with Crippen molar-refractivity contribution in [3.8, 4) is 0 Å². The molecule has 2 nitrogen and oxygen atoms in total. The number of amides is 1. The van der Waals surface area contributed by atoms with Gasteiger partial charge >= 0.3 is 0 Å². The van der Waals surface area contributed by atoms with E-state index in [0.717, 1.165) is 23.0 Å². The van der Waals surface area contributed by atoms with Crippen molar-refractivity contribution in [2.45, 2.75) is 19.4 Å². The Morgan fingerprint density at radius 2 is 2.29 bits per heavy atom. The predicted octanol–water partition coefficient (Wildman–Crippen LogP) is 4.67. The van der Waals surface area contributed by atoms with E-state index in [9.17, 15) is 4.79 Å². The third-order valence-electron chi connectivity index (χ3n) is 3.83. The van der Waals surface area contributed by atoms with E-state index in [-0.39, 0.29) is 11.9 Å². The maximum Gasteiger partial charge on any atom is 0.247 e. The molecule has 1 atom stereocenters. The van der Waals surface area contributed by atoms with Crippen molar-refractivity contribution in [2.75, 3.05) is 6.54 Å². The second-order valence-corrected chi connectivity index (χ2v) is 7.06. The molecule has 21 heavy (non-hydrogen) atoms. The Morgan fingerprint density at radius 1 is 1.43 bits per heavy atom. The molecule has 0 spiro atoms. The summed E-state index contributed by atoms with van der Waals surface area (Å²) >= 11 is 5.23. The summed E-state index contributed by atoms with van der Waals surface area (Å²) in [7, 11) is 0. The Labute approximate surface area is 137 Å². The Bertz CT molecular complexity index is 692. The van der Waals surface area contributed by atoms with Crippen LogP contribution in [0.4, 0.5) is 0 Å². The normalized spacial score (nSPS) is 18.0. The molecule has 0 saturated carbocycles. The lowest BCUT2D eigenvalue weighted by molar-refractivity contribution is -0.128. The highest BCUT2D eigenvalue weighted by molar-refractivity contribution is 9.10. The van der Waals surface area contributed by atoms with Crippen LogP contribution in [0.5, 0.6) is 0 Å². The van der Waals surface area contributed by atoms with Gasteiger partial charge < -0.3 is 4.90 Å². The van der Waals surface area contributed by atoms with Crippen LogP contribution in [0, 0.1) is 0 Å². The smallest absolute Gasteiger partial charge is 0.247 e. The summed E-state index contributed by atoms with van der Waals surface area (Å²) in [6, 6.07) is 10.2. The quantitative estimate of drug-likeness (QED) is 0.711. The van der Waals surface area contributed by atoms with Crippen molar-refractivity contribution in [3.05, 3.63) is 62.3 Å². The van der Waals surface area contributed by atoms with Gasteiger partial charge in [-0.3, -0.25) is 4.79 Å². The van der Waals surface area contributed by atoms with Crippen molar-refractivity contribution in [1.29, 1.82) is 0 Å². The molecule has 2 heterocycles. The van der Waals surface area contributed by atoms with Crippen LogP contribution >= 0.6 is 27.3 Å². The van der Waals surface area contributed by atoms with E-state index in [2.05, 4.69) is 34.3 Å². The maximum absolute atomic E-state index is 12.4. The van der Waals surface area contributed by atoms with Crippen molar-refractivity contribution in [2.24, 2.45) is 0 Å². The van der Waals surface area contributed by atoms with E-state index in [0.29, 0.717) is 0 Å². The van der Waals surface area contributed by atoms with Crippen molar-refractivity contribution in [1.82, 2.24) is 4.90 Å². The summed E-state index contributed by atoms with van der Waals surface area (Å²) in [5.41, 5.74) is 2.33. The molecule has 1 aromatic heterocycles. The fraction of sp³-hybridized carbons (Fsp3) is 0.235. The molecule has 108 valence electrons. The number of thiophene rings is 1. The molecular formula is C17H16BrNOS. The van der Waals surface area contributed by atoms with Gasteiger partial charge in [0.2, 0.25) is 5.91 Å².